The van der Waals surface area contributed by atoms with E-state index in [0.29, 0.717) is 12.2 Å². The second kappa shape index (κ2) is 4.66. The molecule has 70 valence electrons. The van der Waals surface area contributed by atoms with Gasteiger partial charge in [0, 0.05) is 0 Å². The zero-order chi connectivity index (χ0) is 8.97. The van der Waals surface area contributed by atoms with Crippen LogP contribution in [-0.4, -0.2) is 12.2 Å². The lowest BCUT2D eigenvalue weighted by atomic mass is 10.0. The molecule has 0 saturated heterocycles. The van der Waals surface area contributed by atoms with Gasteiger partial charge in [-0.2, -0.15) is 0 Å². The number of rotatable bonds is 3. The molecular weight excluding hydrogens is 148 g/mol. The molecule has 2 atom stereocenters. The van der Waals surface area contributed by atoms with E-state index in [4.69, 9.17) is 4.74 Å². The SMILES string of the molecule is CCCC[C@H]1CC(C)=C[C@@H](C)O1. The highest BCUT2D eigenvalue weighted by molar-refractivity contribution is 5.06. The molecule has 1 aliphatic rings. The molecule has 0 unspecified atom stereocenters. The van der Waals surface area contributed by atoms with E-state index in [-0.39, 0.29) is 0 Å². The van der Waals surface area contributed by atoms with Crippen LogP contribution in [0, 0.1) is 0 Å². The molecule has 0 aromatic heterocycles. The molecule has 0 spiro atoms. The molecule has 0 saturated carbocycles. The molecule has 0 amide bonds. The highest BCUT2D eigenvalue weighted by Crippen LogP contribution is 2.21. The Labute approximate surface area is 75.8 Å². The molecule has 0 aromatic carbocycles. The van der Waals surface area contributed by atoms with E-state index in [0.717, 1.165) is 6.42 Å². The van der Waals surface area contributed by atoms with Crippen LogP contribution in [0.1, 0.15) is 46.5 Å². The van der Waals surface area contributed by atoms with Crippen molar-refractivity contribution in [2.45, 2.75) is 58.7 Å². The van der Waals surface area contributed by atoms with Crippen molar-refractivity contribution in [1.29, 1.82) is 0 Å². The van der Waals surface area contributed by atoms with Gasteiger partial charge in [0.1, 0.15) is 0 Å². The molecule has 1 nitrogen and oxygen atoms in total. The minimum Gasteiger partial charge on any atom is -0.371 e. The van der Waals surface area contributed by atoms with Crippen LogP contribution in [0.2, 0.25) is 0 Å². The van der Waals surface area contributed by atoms with Crippen molar-refractivity contribution in [1.82, 2.24) is 0 Å². The Morgan fingerprint density at radius 1 is 1.58 bits per heavy atom. The molecule has 0 N–H and O–H groups in total. The first kappa shape index (κ1) is 9.79. The monoisotopic (exact) mass is 168 g/mol. The lowest BCUT2D eigenvalue weighted by molar-refractivity contribution is 0.00679. The molecule has 0 bridgehead atoms. The van der Waals surface area contributed by atoms with E-state index in [1.165, 1.54) is 24.8 Å². The van der Waals surface area contributed by atoms with Crippen molar-refractivity contribution < 1.29 is 4.74 Å². The van der Waals surface area contributed by atoms with Gasteiger partial charge >= 0.3 is 0 Å². The van der Waals surface area contributed by atoms with Crippen LogP contribution < -0.4 is 0 Å². The summed E-state index contributed by atoms with van der Waals surface area (Å²) in [5.41, 5.74) is 1.50. The van der Waals surface area contributed by atoms with Crippen LogP contribution in [-0.2, 0) is 4.74 Å². The second-order valence-corrected chi connectivity index (χ2v) is 3.82. The van der Waals surface area contributed by atoms with Crippen LogP contribution >= 0.6 is 0 Å². The summed E-state index contributed by atoms with van der Waals surface area (Å²) in [6.45, 7) is 6.56. The predicted molar refractivity (Wildman–Crippen MR) is 52.2 cm³/mol. The topological polar surface area (TPSA) is 9.23 Å². The Hall–Kier alpha value is -0.300. The summed E-state index contributed by atoms with van der Waals surface area (Å²) >= 11 is 0. The van der Waals surface area contributed by atoms with Crippen molar-refractivity contribution in [2.24, 2.45) is 0 Å². The maximum absolute atomic E-state index is 5.78. The number of ether oxygens (including phenoxy) is 1. The third-order valence-corrected chi connectivity index (χ3v) is 2.36. The summed E-state index contributed by atoms with van der Waals surface area (Å²) in [5.74, 6) is 0. The van der Waals surface area contributed by atoms with E-state index < -0.39 is 0 Å². The van der Waals surface area contributed by atoms with Gasteiger partial charge in [0.15, 0.2) is 0 Å². The molecule has 0 fully saturated rings. The zero-order valence-corrected chi connectivity index (χ0v) is 8.47. The molecule has 12 heavy (non-hydrogen) atoms. The van der Waals surface area contributed by atoms with E-state index in [9.17, 15) is 0 Å². The first-order chi connectivity index (χ1) is 5.72. The number of unbranched alkanes of at least 4 members (excludes halogenated alkanes) is 1. The van der Waals surface area contributed by atoms with Gasteiger partial charge in [0.25, 0.3) is 0 Å². The highest BCUT2D eigenvalue weighted by atomic mass is 16.5. The Morgan fingerprint density at radius 2 is 2.33 bits per heavy atom. The number of hydrogen-bond donors (Lipinski definition) is 0. The Kier molecular flexibility index (Phi) is 3.80. The van der Waals surface area contributed by atoms with Crippen molar-refractivity contribution >= 4 is 0 Å². The Morgan fingerprint density at radius 3 is 2.92 bits per heavy atom. The Balaban J connectivity index is 2.34. The van der Waals surface area contributed by atoms with Gasteiger partial charge in [-0.1, -0.05) is 31.4 Å². The molecule has 0 aliphatic carbocycles. The standard InChI is InChI=1S/C11H20O/c1-4-5-6-11-8-9(2)7-10(3)12-11/h7,10-11H,4-6,8H2,1-3H3/t10-,11+/m1/s1. The van der Waals surface area contributed by atoms with Gasteiger partial charge in [-0.05, 0) is 26.7 Å². The van der Waals surface area contributed by atoms with Gasteiger partial charge in [-0.15, -0.1) is 0 Å². The summed E-state index contributed by atoms with van der Waals surface area (Å²) < 4.78 is 5.78. The van der Waals surface area contributed by atoms with Crippen LogP contribution in [0.3, 0.4) is 0 Å². The van der Waals surface area contributed by atoms with Crippen LogP contribution in [0.5, 0.6) is 0 Å². The fourth-order valence-electron chi connectivity index (χ4n) is 1.82. The van der Waals surface area contributed by atoms with E-state index in [1.807, 2.05) is 0 Å². The largest absolute Gasteiger partial charge is 0.371 e. The first-order valence-corrected chi connectivity index (χ1v) is 5.05. The van der Waals surface area contributed by atoms with Gasteiger partial charge in [-0.3, -0.25) is 0 Å². The van der Waals surface area contributed by atoms with Crippen LogP contribution in [0.15, 0.2) is 11.6 Å². The van der Waals surface area contributed by atoms with Crippen LogP contribution in [0.4, 0.5) is 0 Å². The molecule has 1 rings (SSSR count). The average Bonchev–Trinajstić information content (AvgIpc) is 1.99. The summed E-state index contributed by atoms with van der Waals surface area (Å²) in [7, 11) is 0. The number of hydrogen-bond acceptors (Lipinski definition) is 1. The molecule has 0 radical (unpaired) electrons. The highest BCUT2D eigenvalue weighted by Gasteiger charge is 2.17. The summed E-state index contributed by atoms with van der Waals surface area (Å²) in [5, 5.41) is 0. The third-order valence-electron chi connectivity index (χ3n) is 2.36. The van der Waals surface area contributed by atoms with Crippen LogP contribution in [0.25, 0.3) is 0 Å². The second-order valence-electron chi connectivity index (χ2n) is 3.82. The maximum atomic E-state index is 5.78. The normalized spacial score (nSPS) is 30.1. The minimum atomic E-state index is 0.334. The predicted octanol–water partition coefficient (Wildman–Crippen LogP) is 3.30. The van der Waals surface area contributed by atoms with Crippen molar-refractivity contribution in [3.05, 3.63) is 11.6 Å². The van der Waals surface area contributed by atoms with E-state index in [2.05, 4.69) is 26.8 Å². The smallest absolute Gasteiger partial charge is 0.0734 e. The average molecular weight is 168 g/mol. The van der Waals surface area contributed by atoms with Crippen molar-refractivity contribution in [2.75, 3.05) is 0 Å². The molecule has 1 aliphatic heterocycles. The quantitative estimate of drug-likeness (QED) is 0.587. The van der Waals surface area contributed by atoms with Gasteiger partial charge < -0.3 is 4.74 Å². The summed E-state index contributed by atoms with van der Waals surface area (Å²) in [6.07, 6.45) is 7.99. The van der Waals surface area contributed by atoms with Crippen molar-refractivity contribution in [3.8, 4) is 0 Å². The molecule has 0 aromatic rings. The third kappa shape index (κ3) is 2.98. The first-order valence-electron chi connectivity index (χ1n) is 5.05. The minimum absolute atomic E-state index is 0.334. The van der Waals surface area contributed by atoms with E-state index in [1.54, 1.807) is 0 Å². The van der Waals surface area contributed by atoms with Gasteiger partial charge in [-0.25, -0.2) is 0 Å². The fraction of sp³-hybridized carbons (Fsp3) is 0.818. The fourth-order valence-corrected chi connectivity index (χ4v) is 1.82. The van der Waals surface area contributed by atoms with Gasteiger partial charge in [0.05, 0.1) is 12.2 Å². The van der Waals surface area contributed by atoms with E-state index >= 15 is 0 Å². The lowest BCUT2D eigenvalue weighted by Gasteiger charge is -2.26. The molecular formula is C11H20O. The maximum Gasteiger partial charge on any atom is 0.0734 e. The Bertz CT molecular complexity index is 160. The summed E-state index contributed by atoms with van der Waals surface area (Å²) in [4.78, 5) is 0. The lowest BCUT2D eigenvalue weighted by Crippen LogP contribution is -2.23. The van der Waals surface area contributed by atoms with Gasteiger partial charge in [0.2, 0.25) is 0 Å². The van der Waals surface area contributed by atoms with Crippen molar-refractivity contribution in [3.63, 3.8) is 0 Å². The molecule has 1 heterocycles. The summed E-state index contributed by atoms with van der Waals surface area (Å²) in [6, 6.07) is 0. The molecule has 1 heteroatoms. The zero-order valence-electron chi connectivity index (χ0n) is 8.47.